The molecule has 0 radical (unpaired) electrons. The zero-order valence-corrected chi connectivity index (χ0v) is 20.6. The van der Waals surface area contributed by atoms with Gasteiger partial charge in [-0.15, -0.1) is 0 Å². The van der Waals surface area contributed by atoms with Gasteiger partial charge in [-0.05, 0) is 63.1 Å². The number of amides is 1. The summed E-state index contributed by atoms with van der Waals surface area (Å²) >= 11 is 6.10. The molecule has 0 aliphatic heterocycles. The van der Waals surface area contributed by atoms with E-state index in [-0.39, 0.29) is 11.6 Å². The number of nitrogens with zero attached hydrogens (tertiary/aromatic N) is 5. The van der Waals surface area contributed by atoms with Crippen molar-refractivity contribution in [1.82, 2.24) is 19.6 Å². The van der Waals surface area contributed by atoms with Crippen LogP contribution in [0.15, 0.2) is 48.5 Å². The summed E-state index contributed by atoms with van der Waals surface area (Å²) < 4.78 is 3.42. The molecule has 1 amide bonds. The van der Waals surface area contributed by atoms with Crippen LogP contribution >= 0.6 is 11.6 Å². The summed E-state index contributed by atoms with van der Waals surface area (Å²) in [6.45, 7) is 7.89. The average molecular weight is 493 g/mol. The van der Waals surface area contributed by atoms with Crippen LogP contribution in [0.3, 0.4) is 0 Å². The minimum atomic E-state index is -0.421. The van der Waals surface area contributed by atoms with Crippen LogP contribution < -0.4 is 5.32 Å². The molecule has 4 aromatic rings. The van der Waals surface area contributed by atoms with Gasteiger partial charge >= 0.3 is 5.69 Å². The molecule has 0 saturated carbocycles. The Hall–Kier alpha value is -3.98. The lowest BCUT2D eigenvalue weighted by Crippen LogP contribution is -2.14. The van der Waals surface area contributed by atoms with E-state index in [1.54, 1.807) is 36.7 Å². The number of aryl methyl sites for hydroxylation is 2. The van der Waals surface area contributed by atoms with Crippen LogP contribution in [0.2, 0.25) is 5.02 Å². The molecule has 0 fully saturated rings. The summed E-state index contributed by atoms with van der Waals surface area (Å²) in [5.74, 6) is -0.264. The Morgan fingerprint density at radius 1 is 0.943 bits per heavy atom. The van der Waals surface area contributed by atoms with E-state index in [9.17, 15) is 14.9 Å². The van der Waals surface area contributed by atoms with Crippen LogP contribution in [-0.4, -0.2) is 30.4 Å². The van der Waals surface area contributed by atoms with Crippen molar-refractivity contribution in [2.24, 2.45) is 0 Å². The van der Waals surface area contributed by atoms with Gasteiger partial charge in [-0.3, -0.25) is 24.3 Å². The third-order valence-corrected chi connectivity index (χ3v) is 6.12. The van der Waals surface area contributed by atoms with Crippen LogP contribution in [0.25, 0.3) is 0 Å². The molecule has 0 aliphatic carbocycles. The van der Waals surface area contributed by atoms with Crippen molar-refractivity contribution in [3.05, 3.63) is 103 Å². The molecule has 2 heterocycles. The van der Waals surface area contributed by atoms with Crippen LogP contribution in [0, 0.1) is 37.8 Å². The van der Waals surface area contributed by atoms with Crippen LogP contribution in [0.1, 0.15) is 44.3 Å². The maximum atomic E-state index is 13.1. The standard InChI is InChI=1S/C25H25ClN6O3/c1-15-23(17(3)30(28-15)14-20-8-6-10-22(26)12-20)27-25(33)21-9-5-7-19(11-21)13-31-18(4)24(32(34)35)16(2)29-31/h5-12H,13-14H2,1-4H3,(H,27,33). The van der Waals surface area contributed by atoms with E-state index in [0.29, 0.717) is 46.4 Å². The molecule has 35 heavy (non-hydrogen) atoms. The smallest absolute Gasteiger partial charge is 0.312 e. The van der Waals surface area contributed by atoms with Gasteiger partial charge in [0.2, 0.25) is 0 Å². The number of rotatable bonds is 7. The Morgan fingerprint density at radius 2 is 1.54 bits per heavy atom. The van der Waals surface area contributed by atoms with Gasteiger partial charge in [-0.1, -0.05) is 35.9 Å². The first kappa shape index (κ1) is 24.2. The molecule has 0 bridgehead atoms. The van der Waals surface area contributed by atoms with Crippen molar-refractivity contribution in [2.75, 3.05) is 5.32 Å². The van der Waals surface area contributed by atoms with Gasteiger partial charge in [0, 0.05) is 10.6 Å². The fourth-order valence-corrected chi connectivity index (χ4v) is 4.33. The summed E-state index contributed by atoms with van der Waals surface area (Å²) in [5, 5.41) is 23.8. The predicted octanol–water partition coefficient (Wildman–Crippen LogP) is 5.22. The van der Waals surface area contributed by atoms with Gasteiger partial charge < -0.3 is 5.32 Å². The number of nitro groups is 1. The predicted molar refractivity (Wildman–Crippen MR) is 134 cm³/mol. The number of benzene rings is 2. The minimum absolute atomic E-state index is 0.0136. The third kappa shape index (κ3) is 5.09. The van der Waals surface area contributed by atoms with Gasteiger partial charge in [-0.2, -0.15) is 10.2 Å². The second-order valence-corrected chi connectivity index (χ2v) is 8.86. The van der Waals surface area contributed by atoms with Crippen LogP contribution in [0.5, 0.6) is 0 Å². The summed E-state index contributed by atoms with van der Waals surface area (Å²) in [6, 6.07) is 14.7. The van der Waals surface area contributed by atoms with Gasteiger partial charge in [0.25, 0.3) is 5.91 Å². The fraction of sp³-hybridized carbons (Fsp3) is 0.240. The molecule has 9 nitrogen and oxygen atoms in total. The minimum Gasteiger partial charge on any atom is -0.319 e. The summed E-state index contributed by atoms with van der Waals surface area (Å²) in [6.07, 6.45) is 0. The van der Waals surface area contributed by atoms with E-state index >= 15 is 0 Å². The highest BCUT2D eigenvalue weighted by atomic mass is 35.5. The Bertz CT molecular complexity index is 1440. The SMILES string of the molecule is Cc1nn(Cc2cccc(Cl)c2)c(C)c1NC(=O)c1cccc(Cn2nc(C)c([N+](=O)[O-])c2C)c1. The zero-order valence-electron chi connectivity index (χ0n) is 19.9. The van der Waals surface area contributed by atoms with Crippen molar-refractivity contribution in [1.29, 1.82) is 0 Å². The normalized spacial score (nSPS) is 11.0. The molecule has 180 valence electrons. The second kappa shape index (κ2) is 9.71. The number of nitrogens with one attached hydrogen (secondary N) is 1. The molecule has 2 aromatic heterocycles. The van der Waals surface area contributed by atoms with Crippen molar-refractivity contribution >= 4 is 28.9 Å². The first-order valence-corrected chi connectivity index (χ1v) is 11.4. The molecule has 2 aromatic carbocycles. The lowest BCUT2D eigenvalue weighted by atomic mass is 10.1. The first-order chi connectivity index (χ1) is 16.6. The average Bonchev–Trinajstić information content (AvgIpc) is 3.22. The second-order valence-electron chi connectivity index (χ2n) is 8.42. The Morgan fingerprint density at radius 3 is 2.17 bits per heavy atom. The van der Waals surface area contributed by atoms with E-state index in [4.69, 9.17) is 11.6 Å². The molecule has 0 atom stereocenters. The number of anilines is 1. The summed E-state index contributed by atoms with van der Waals surface area (Å²) in [4.78, 5) is 23.9. The number of aromatic nitrogens is 4. The van der Waals surface area contributed by atoms with Crippen molar-refractivity contribution < 1.29 is 9.72 Å². The molecule has 1 N–H and O–H groups in total. The molecular formula is C25H25ClN6O3. The van der Waals surface area contributed by atoms with E-state index in [1.807, 2.05) is 48.9 Å². The van der Waals surface area contributed by atoms with Crippen LogP contribution in [-0.2, 0) is 13.1 Å². The third-order valence-electron chi connectivity index (χ3n) is 5.89. The highest BCUT2D eigenvalue weighted by Gasteiger charge is 2.22. The highest BCUT2D eigenvalue weighted by molar-refractivity contribution is 6.30. The molecule has 10 heteroatoms. The van der Waals surface area contributed by atoms with Crippen molar-refractivity contribution in [2.45, 2.75) is 40.8 Å². The van der Waals surface area contributed by atoms with Gasteiger partial charge in [0.1, 0.15) is 11.4 Å². The number of carbonyl (C=O) groups excluding carboxylic acids is 1. The Labute approximate surface area is 207 Å². The summed E-state index contributed by atoms with van der Waals surface area (Å²) in [5.41, 5.74) is 5.35. The van der Waals surface area contributed by atoms with Crippen LogP contribution in [0.4, 0.5) is 11.4 Å². The zero-order chi connectivity index (χ0) is 25.3. The van der Waals surface area contributed by atoms with E-state index in [0.717, 1.165) is 16.8 Å². The number of carbonyl (C=O) groups is 1. The molecule has 0 spiro atoms. The van der Waals surface area contributed by atoms with Gasteiger partial charge in [-0.25, -0.2) is 0 Å². The quantitative estimate of drug-likeness (QED) is 0.281. The van der Waals surface area contributed by atoms with E-state index in [2.05, 4.69) is 15.5 Å². The number of hydrogen-bond donors (Lipinski definition) is 1. The summed E-state index contributed by atoms with van der Waals surface area (Å²) in [7, 11) is 0. The van der Waals surface area contributed by atoms with E-state index in [1.165, 1.54) is 0 Å². The monoisotopic (exact) mass is 492 g/mol. The largest absolute Gasteiger partial charge is 0.319 e. The molecule has 0 unspecified atom stereocenters. The first-order valence-electron chi connectivity index (χ1n) is 11.0. The maximum Gasteiger partial charge on any atom is 0.312 e. The molecule has 0 saturated heterocycles. The Balaban J connectivity index is 1.52. The Kier molecular flexibility index (Phi) is 6.70. The van der Waals surface area contributed by atoms with E-state index < -0.39 is 4.92 Å². The number of halogens is 1. The molecule has 4 rings (SSSR count). The van der Waals surface area contributed by atoms with Crippen molar-refractivity contribution in [3.8, 4) is 0 Å². The number of hydrogen-bond acceptors (Lipinski definition) is 5. The highest BCUT2D eigenvalue weighted by Crippen LogP contribution is 2.24. The van der Waals surface area contributed by atoms with Gasteiger partial charge in [0.05, 0.1) is 35.1 Å². The lowest BCUT2D eigenvalue weighted by Gasteiger charge is -2.09. The maximum absolute atomic E-state index is 13.1. The fourth-order valence-electron chi connectivity index (χ4n) is 4.12. The van der Waals surface area contributed by atoms with Crippen molar-refractivity contribution in [3.63, 3.8) is 0 Å². The topological polar surface area (TPSA) is 108 Å². The molecule has 0 aliphatic rings. The van der Waals surface area contributed by atoms with Gasteiger partial charge in [0.15, 0.2) is 0 Å². The lowest BCUT2D eigenvalue weighted by molar-refractivity contribution is -0.386. The molecular weight excluding hydrogens is 468 g/mol.